The molecule has 2 heterocycles. The number of hydrogen-bond donors (Lipinski definition) is 1. The van der Waals surface area contributed by atoms with E-state index in [4.69, 9.17) is 0 Å². The van der Waals surface area contributed by atoms with Crippen LogP contribution in [-0.4, -0.2) is 58.2 Å². The predicted octanol–water partition coefficient (Wildman–Crippen LogP) is 3.06. The maximum atomic E-state index is 12.5. The summed E-state index contributed by atoms with van der Waals surface area (Å²) in [6.07, 6.45) is 6.62. The van der Waals surface area contributed by atoms with Gasteiger partial charge >= 0.3 is 0 Å². The number of carbonyl (C=O) groups excluding carboxylic acids is 1. The van der Waals surface area contributed by atoms with Gasteiger partial charge in [-0.1, -0.05) is 42.7 Å². The minimum atomic E-state index is 0.0619. The van der Waals surface area contributed by atoms with Crippen LogP contribution in [0.25, 0.3) is 0 Å². The lowest BCUT2D eigenvalue weighted by Crippen LogP contribution is -2.48. The molecule has 1 aromatic heterocycles. The zero-order valence-electron chi connectivity index (χ0n) is 16.8. The number of hydrogen-bond acceptors (Lipinski definition) is 4. The molecular formula is C22H31N5O. The molecule has 6 nitrogen and oxygen atoms in total. The maximum Gasteiger partial charge on any atom is 0.239 e. The van der Waals surface area contributed by atoms with Crippen LogP contribution in [-0.2, 0) is 11.3 Å². The average molecular weight is 382 g/mol. The molecule has 1 saturated carbocycles. The molecule has 1 aliphatic carbocycles. The molecule has 0 spiro atoms. The van der Waals surface area contributed by atoms with Crippen LogP contribution in [0.5, 0.6) is 0 Å². The van der Waals surface area contributed by atoms with Crippen LogP contribution >= 0.6 is 0 Å². The van der Waals surface area contributed by atoms with Crippen LogP contribution in [0.3, 0.4) is 0 Å². The Kier molecular flexibility index (Phi) is 6.07. The second kappa shape index (κ2) is 8.88. The van der Waals surface area contributed by atoms with Crippen LogP contribution in [0, 0.1) is 6.92 Å². The molecular weight excluding hydrogens is 350 g/mol. The molecule has 28 heavy (non-hydrogen) atoms. The standard InChI is InChI=1S/C22H31N5O/c1-18-5-4-6-19(15-18)16-25-11-13-26(14-12-25)17-22(28)24-21-9-10-23-27(21)20-7-2-3-8-20/h4-6,9-10,15,20H,2-3,7-8,11-14,16-17H2,1H3,(H,24,28). The van der Waals surface area contributed by atoms with E-state index < -0.39 is 0 Å². The van der Waals surface area contributed by atoms with E-state index in [1.807, 2.05) is 10.7 Å². The van der Waals surface area contributed by atoms with Crippen molar-refractivity contribution < 1.29 is 4.79 Å². The van der Waals surface area contributed by atoms with Gasteiger partial charge in [0.15, 0.2) is 0 Å². The maximum absolute atomic E-state index is 12.5. The summed E-state index contributed by atoms with van der Waals surface area (Å²) in [7, 11) is 0. The van der Waals surface area contributed by atoms with E-state index >= 15 is 0 Å². The molecule has 6 heteroatoms. The first-order chi connectivity index (χ1) is 13.7. The summed E-state index contributed by atoms with van der Waals surface area (Å²) in [6.45, 7) is 7.44. The van der Waals surface area contributed by atoms with E-state index in [1.165, 1.54) is 24.0 Å². The predicted molar refractivity (Wildman–Crippen MR) is 111 cm³/mol. The van der Waals surface area contributed by atoms with E-state index in [0.717, 1.165) is 51.4 Å². The summed E-state index contributed by atoms with van der Waals surface area (Å²) in [6, 6.07) is 11.1. The first-order valence-corrected chi connectivity index (χ1v) is 10.5. The van der Waals surface area contributed by atoms with E-state index in [-0.39, 0.29) is 5.91 Å². The van der Waals surface area contributed by atoms with Gasteiger partial charge in [-0.3, -0.25) is 14.6 Å². The molecule has 0 unspecified atom stereocenters. The molecule has 0 bridgehead atoms. The van der Waals surface area contributed by atoms with Crippen molar-refractivity contribution in [3.05, 3.63) is 47.7 Å². The molecule has 0 atom stereocenters. The van der Waals surface area contributed by atoms with Crippen molar-refractivity contribution in [3.8, 4) is 0 Å². The van der Waals surface area contributed by atoms with Crippen LogP contribution in [0.2, 0.25) is 0 Å². The number of nitrogens with zero attached hydrogens (tertiary/aromatic N) is 4. The van der Waals surface area contributed by atoms with Gasteiger partial charge < -0.3 is 5.32 Å². The van der Waals surface area contributed by atoms with E-state index in [9.17, 15) is 4.79 Å². The molecule has 1 N–H and O–H groups in total. The molecule has 1 aromatic carbocycles. The first kappa shape index (κ1) is 19.2. The van der Waals surface area contributed by atoms with Crippen molar-refractivity contribution in [1.82, 2.24) is 19.6 Å². The summed E-state index contributed by atoms with van der Waals surface area (Å²) < 4.78 is 2.00. The average Bonchev–Trinajstić information content (AvgIpc) is 3.35. The Hall–Kier alpha value is -2.18. The fourth-order valence-electron chi connectivity index (χ4n) is 4.41. The molecule has 1 aliphatic heterocycles. The van der Waals surface area contributed by atoms with Crippen LogP contribution in [0.1, 0.15) is 42.9 Å². The van der Waals surface area contributed by atoms with Crippen molar-refractivity contribution in [2.24, 2.45) is 0 Å². The van der Waals surface area contributed by atoms with Gasteiger partial charge in [0.25, 0.3) is 0 Å². The number of carbonyl (C=O) groups is 1. The van der Waals surface area contributed by atoms with Gasteiger partial charge in [-0.25, -0.2) is 4.68 Å². The molecule has 2 aliphatic rings. The lowest BCUT2D eigenvalue weighted by molar-refractivity contribution is -0.117. The molecule has 1 amide bonds. The topological polar surface area (TPSA) is 53.4 Å². The smallest absolute Gasteiger partial charge is 0.239 e. The van der Waals surface area contributed by atoms with Crippen molar-refractivity contribution in [2.45, 2.75) is 45.2 Å². The molecule has 150 valence electrons. The Balaban J connectivity index is 1.24. The lowest BCUT2D eigenvalue weighted by Gasteiger charge is -2.34. The Morgan fingerprint density at radius 3 is 2.61 bits per heavy atom. The summed E-state index contributed by atoms with van der Waals surface area (Å²) in [5.41, 5.74) is 2.68. The minimum Gasteiger partial charge on any atom is -0.310 e. The second-order valence-electron chi connectivity index (χ2n) is 8.19. The first-order valence-electron chi connectivity index (χ1n) is 10.5. The summed E-state index contributed by atoms with van der Waals surface area (Å²) >= 11 is 0. The van der Waals surface area contributed by atoms with Crippen LogP contribution < -0.4 is 5.32 Å². The fourth-order valence-corrected chi connectivity index (χ4v) is 4.41. The van der Waals surface area contributed by atoms with Gasteiger partial charge in [0.2, 0.25) is 5.91 Å². The van der Waals surface area contributed by atoms with Gasteiger partial charge in [0.1, 0.15) is 5.82 Å². The number of aromatic nitrogens is 2. The van der Waals surface area contributed by atoms with Crippen LogP contribution in [0.15, 0.2) is 36.5 Å². The zero-order valence-corrected chi connectivity index (χ0v) is 16.8. The largest absolute Gasteiger partial charge is 0.310 e. The van der Waals surface area contributed by atoms with Crippen LogP contribution in [0.4, 0.5) is 5.82 Å². The summed E-state index contributed by atoms with van der Waals surface area (Å²) in [5.74, 6) is 0.905. The van der Waals surface area contributed by atoms with Gasteiger partial charge in [-0.05, 0) is 25.3 Å². The highest BCUT2D eigenvalue weighted by Crippen LogP contribution is 2.31. The number of anilines is 1. The third kappa shape index (κ3) is 4.80. The SMILES string of the molecule is Cc1cccc(CN2CCN(CC(=O)Nc3ccnn3C3CCCC3)CC2)c1. The zero-order chi connectivity index (χ0) is 19.3. The third-order valence-electron chi connectivity index (χ3n) is 5.93. The Labute approximate surface area is 167 Å². The van der Waals surface area contributed by atoms with Crippen molar-refractivity contribution in [1.29, 1.82) is 0 Å². The molecule has 0 radical (unpaired) electrons. The Morgan fingerprint density at radius 2 is 1.86 bits per heavy atom. The Morgan fingerprint density at radius 1 is 1.11 bits per heavy atom. The molecule has 1 saturated heterocycles. The highest BCUT2D eigenvalue weighted by Gasteiger charge is 2.22. The van der Waals surface area contributed by atoms with Gasteiger partial charge in [-0.2, -0.15) is 5.10 Å². The number of aryl methyl sites for hydroxylation is 1. The number of rotatable bonds is 6. The monoisotopic (exact) mass is 381 g/mol. The fraction of sp³-hybridized carbons (Fsp3) is 0.545. The second-order valence-corrected chi connectivity index (χ2v) is 8.19. The van der Waals surface area contributed by atoms with Gasteiger partial charge in [-0.15, -0.1) is 0 Å². The van der Waals surface area contributed by atoms with E-state index in [2.05, 4.69) is 51.4 Å². The molecule has 2 fully saturated rings. The summed E-state index contributed by atoms with van der Waals surface area (Å²) in [4.78, 5) is 17.3. The number of benzene rings is 1. The highest BCUT2D eigenvalue weighted by molar-refractivity contribution is 5.91. The normalized spacial score (nSPS) is 19.2. The van der Waals surface area contributed by atoms with Crippen molar-refractivity contribution in [3.63, 3.8) is 0 Å². The highest BCUT2D eigenvalue weighted by atomic mass is 16.2. The van der Waals surface area contributed by atoms with E-state index in [0.29, 0.717) is 12.6 Å². The van der Waals surface area contributed by atoms with Crippen molar-refractivity contribution >= 4 is 11.7 Å². The van der Waals surface area contributed by atoms with E-state index in [1.54, 1.807) is 6.20 Å². The minimum absolute atomic E-state index is 0.0619. The number of nitrogens with one attached hydrogen (secondary N) is 1. The molecule has 2 aromatic rings. The quantitative estimate of drug-likeness (QED) is 0.836. The summed E-state index contributed by atoms with van der Waals surface area (Å²) in [5, 5.41) is 7.51. The lowest BCUT2D eigenvalue weighted by atomic mass is 10.1. The molecule has 4 rings (SSSR count). The number of amides is 1. The van der Waals surface area contributed by atoms with Crippen molar-refractivity contribution in [2.75, 3.05) is 38.0 Å². The third-order valence-corrected chi connectivity index (χ3v) is 5.93. The Bertz CT molecular complexity index is 788. The number of piperazine rings is 1. The van der Waals surface area contributed by atoms with Gasteiger partial charge in [0, 0.05) is 38.8 Å². The van der Waals surface area contributed by atoms with Gasteiger partial charge in [0.05, 0.1) is 18.8 Å².